The Bertz CT molecular complexity index is 828. The van der Waals surface area contributed by atoms with Crippen molar-refractivity contribution in [1.82, 2.24) is 4.57 Å². The van der Waals surface area contributed by atoms with Gasteiger partial charge in [-0.3, -0.25) is 0 Å². The molecule has 0 aliphatic rings. The minimum Gasteiger partial charge on any atom is -1.00 e. The number of aromatic nitrogens is 2. The average Bonchev–Trinajstić information content (AvgIpc) is 2.98. The Morgan fingerprint density at radius 3 is 2.42 bits per heavy atom. The van der Waals surface area contributed by atoms with Gasteiger partial charge in [0.05, 0.1) is 6.54 Å². The highest BCUT2D eigenvalue weighted by molar-refractivity contribution is 5.71. The lowest BCUT2D eigenvalue weighted by Gasteiger charge is -2.12. The van der Waals surface area contributed by atoms with Crippen LogP contribution in [-0.2, 0) is 13.1 Å². The number of aliphatic hydroxyl groups excluding tert-OH is 1. The van der Waals surface area contributed by atoms with Crippen LogP contribution in [-0.4, -0.2) is 22.4 Å². The first kappa shape index (κ1) is 20.7. The second-order valence-electron chi connectivity index (χ2n) is 6.73. The number of imidazole rings is 1. The van der Waals surface area contributed by atoms with Crippen LogP contribution in [0, 0.1) is 0 Å². The second kappa shape index (κ2) is 9.37. The largest absolute Gasteiger partial charge is 1.00 e. The van der Waals surface area contributed by atoms with Crippen LogP contribution in [0.2, 0.25) is 0 Å². The lowest BCUT2D eigenvalue weighted by Crippen LogP contribution is -3.00. The van der Waals surface area contributed by atoms with E-state index in [9.17, 15) is 5.11 Å². The molecule has 0 aliphatic carbocycles. The molecule has 0 saturated heterocycles. The standard InChI is InChI=1S/C21H27N2O2.HI/c1-4-22-15-23(21-8-6-5-7-20(21)22)13-18(24)14-25-19-11-9-17(10-12-19)16(2)3;/h5-12,15-16,18,24H,4,13-14H2,1-3H3;1H/q+1;/p-1. The minimum absolute atomic E-state index is 0. The van der Waals surface area contributed by atoms with Crippen LogP contribution in [0.3, 0.4) is 0 Å². The molecule has 0 saturated carbocycles. The molecule has 0 fully saturated rings. The van der Waals surface area contributed by atoms with Gasteiger partial charge >= 0.3 is 0 Å². The molecular formula is C21H27IN2O2. The van der Waals surface area contributed by atoms with E-state index in [1.54, 1.807) is 0 Å². The molecule has 0 radical (unpaired) electrons. The number of halogens is 1. The Kier molecular flexibility index (Phi) is 7.46. The molecule has 3 rings (SSSR count). The molecule has 140 valence electrons. The molecule has 4 nitrogen and oxygen atoms in total. The van der Waals surface area contributed by atoms with Crippen molar-refractivity contribution < 1.29 is 38.4 Å². The van der Waals surface area contributed by atoms with E-state index in [4.69, 9.17) is 4.74 Å². The summed E-state index contributed by atoms with van der Waals surface area (Å²) in [5.74, 6) is 1.30. The molecule has 3 aromatic rings. The second-order valence-corrected chi connectivity index (χ2v) is 6.73. The summed E-state index contributed by atoms with van der Waals surface area (Å²) in [5, 5.41) is 10.4. The zero-order valence-corrected chi connectivity index (χ0v) is 17.8. The molecular weight excluding hydrogens is 439 g/mol. The van der Waals surface area contributed by atoms with Crippen molar-refractivity contribution in [2.45, 2.75) is 45.9 Å². The molecule has 1 heterocycles. The van der Waals surface area contributed by atoms with Crippen LogP contribution in [0.1, 0.15) is 32.3 Å². The molecule has 1 unspecified atom stereocenters. The summed E-state index contributed by atoms with van der Waals surface area (Å²) in [4.78, 5) is 0. The number of aryl methyl sites for hydroxylation is 1. The maximum atomic E-state index is 10.4. The van der Waals surface area contributed by atoms with Crippen molar-refractivity contribution in [3.8, 4) is 5.75 Å². The predicted octanol–water partition coefficient (Wildman–Crippen LogP) is 0.516. The molecule has 0 spiro atoms. The lowest BCUT2D eigenvalue weighted by atomic mass is 10.0. The lowest BCUT2D eigenvalue weighted by molar-refractivity contribution is -0.679. The average molecular weight is 466 g/mol. The number of hydrogen-bond donors (Lipinski definition) is 1. The van der Waals surface area contributed by atoms with Gasteiger partial charge in [0, 0.05) is 0 Å². The number of nitrogens with zero attached hydrogens (tertiary/aromatic N) is 2. The first-order valence-electron chi connectivity index (χ1n) is 8.96. The van der Waals surface area contributed by atoms with Crippen molar-refractivity contribution in [1.29, 1.82) is 0 Å². The first-order valence-corrected chi connectivity index (χ1v) is 8.96. The van der Waals surface area contributed by atoms with Gasteiger partial charge < -0.3 is 33.8 Å². The quantitative estimate of drug-likeness (QED) is 0.408. The molecule has 1 N–H and O–H groups in total. The smallest absolute Gasteiger partial charge is 0.244 e. The van der Waals surface area contributed by atoms with E-state index >= 15 is 0 Å². The van der Waals surface area contributed by atoms with Gasteiger partial charge in [0.1, 0.15) is 25.0 Å². The summed E-state index contributed by atoms with van der Waals surface area (Å²) in [5.41, 5.74) is 3.60. The zero-order valence-electron chi connectivity index (χ0n) is 15.6. The van der Waals surface area contributed by atoms with Gasteiger partial charge in [-0.2, -0.15) is 0 Å². The third kappa shape index (κ3) is 4.76. The van der Waals surface area contributed by atoms with Crippen molar-refractivity contribution in [2.24, 2.45) is 0 Å². The molecule has 2 aromatic carbocycles. The summed E-state index contributed by atoms with van der Waals surface area (Å²) in [6, 6.07) is 16.4. The van der Waals surface area contributed by atoms with Crippen LogP contribution < -0.4 is 33.3 Å². The Morgan fingerprint density at radius 2 is 1.77 bits per heavy atom. The number of benzene rings is 2. The maximum absolute atomic E-state index is 10.4. The van der Waals surface area contributed by atoms with E-state index in [0.29, 0.717) is 12.5 Å². The minimum atomic E-state index is -0.564. The third-order valence-corrected chi connectivity index (χ3v) is 4.52. The third-order valence-electron chi connectivity index (χ3n) is 4.52. The van der Waals surface area contributed by atoms with Gasteiger partial charge in [0.25, 0.3) is 0 Å². The van der Waals surface area contributed by atoms with Crippen LogP contribution in [0.15, 0.2) is 54.9 Å². The van der Waals surface area contributed by atoms with Crippen LogP contribution in [0.25, 0.3) is 11.0 Å². The molecule has 0 amide bonds. The number of ether oxygens (including phenoxy) is 1. The van der Waals surface area contributed by atoms with Crippen molar-refractivity contribution >= 4 is 11.0 Å². The van der Waals surface area contributed by atoms with E-state index in [2.05, 4.69) is 60.5 Å². The highest BCUT2D eigenvalue weighted by Crippen LogP contribution is 2.18. The first-order chi connectivity index (χ1) is 12.1. The molecule has 0 bridgehead atoms. The Hall–Kier alpha value is -1.60. The van der Waals surface area contributed by atoms with E-state index in [1.165, 1.54) is 11.1 Å². The number of fused-ring (bicyclic) bond motifs is 1. The molecule has 5 heteroatoms. The van der Waals surface area contributed by atoms with Gasteiger partial charge in [0.15, 0.2) is 11.0 Å². The van der Waals surface area contributed by atoms with E-state index < -0.39 is 6.10 Å². The van der Waals surface area contributed by atoms with Gasteiger partial charge in [-0.25, -0.2) is 9.13 Å². The Balaban J connectivity index is 0.00000243. The Labute approximate surface area is 172 Å². The number of aliphatic hydroxyl groups is 1. The predicted molar refractivity (Wildman–Crippen MR) is 99.8 cm³/mol. The number of para-hydroxylation sites is 2. The SMILES string of the molecule is CCn1c[n+](CC(O)COc2ccc(C(C)C)cc2)c2ccccc21.[I-]. The number of hydrogen-bond acceptors (Lipinski definition) is 2. The molecule has 1 atom stereocenters. The topological polar surface area (TPSA) is 38.3 Å². The Morgan fingerprint density at radius 1 is 1.08 bits per heavy atom. The van der Waals surface area contributed by atoms with Gasteiger partial charge in [0.2, 0.25) is 6.33 Å². The number of rotatable bonds is 7. The normalized spacial score (nSPS) is 12.2. The highest BCUT2D eigenvalue weighted by atomic mass is 127. The van der Waals surface area contributed by atoms with Gasteiger partial charge in [-0.1, -0.05) is 38.1 Å². The van der Waals surface area contributed by atoms with Gasteiger partial charge in [-0.05, 0) is 42.7 Å². The molecule has 1 aromatic heterocycles. The molecule has 0 aliphatic heterocycles. The summed E-state index contributed by atoms with van der Waals surface area (Å²) in [7, 11) is 0. The fraction of sp³-hybridized carbons (Fsp3) is 0.381. The van der Waals surface area contributed by atoms with Crippen LogP contribution in [0.4, 0.5) is 0 Å². The summed E-state index contributed by atoms with van der Waals surface area (Å²) >= 11 is 0. The summed E-state index contributed by atoms with van der Waals surface area (Å²) in [6.07, 6.45) is 1.50. The fourth-order valence-electron chi connectivity index (χ4n) is 3.06. The van der Waals surface area contributed by atoms with Crippen molar-refractivity contribution in [3.63, 3.8) is 0 Å². The van der Waals surface area contributed by atoms with E-state index in [1.807, 2.05) is 24.3 Å². The maximum Gasteiger partial charge on any atom is 0.244 e. The monoisotopic (exact) mass is 466 g/mol. The van der Waals surface area contributed by atoms with Crippen LogP contribution in [0.5, 0.6) is 5.75 Å². The van der Waals surface area contributed by atoms with Crippen molar-refractivity contribution in [2.75, 3.05) is 6.61 Å². The fourth-order valence-corrected chi connectivity index (χ4v) is 3.06. The summed E-state index contributed by atoms with van der Waals surface area (Å²) in [6.45, 7) is 8.16. The van der Waals surface area contributed by atoms with Crippen LogP contribution >= 0.6 is 0 Å². The van der Waals surface area contributed by atoms with E-state index in [-0.39, 0.29) is 30.6 Å². The van der Waals surface area contributed by atoms with Crippen molar-refractivity contribution in [3.05, 3.63) is 60.4 Å². The highest BCUT2D eigenvalue weighted by Gasteiger charge is 2.17. The van der Waals surface area contributed by atoms with Gasteiger partial charge in [-0.15, -0.1) is 0 Å². The summed E-state index contributed by atoms with van der Waals surface area (Å²) < 4.78 is 10.0. The van der Waals surface area contributed by atoms with E-state index in [0.717, 1.165) is 17.8 Å². The zero-order chi connectivity index (χ0) is 17.8. The molecule has 26 heavy (non-hydrogen) atoms.